The molecule has 4 heterocycles. The third kappa shape index (κ3) is 4.12. The summed E-state index contributed by atoms with van der Waals surface area (Å²) in [6.07, 6.45) is 0.541. The van der Waals surface area contributed by atoms with Gasteiger partial charge in [0, 0.05) is 12.2 Å². The normalized spacial score (nSPS) is 11.7. The van der Waals surface area contributed by atoms with Gasteiger partial charge in [-0.15, -0.1) is 11.3 Å². The number of rotatable bonds is 6. The molecule has 1 N–H and O–H groups in total. The summed E-state index contributed by atoms with van der Waals surface area (Å²) in [6, 6.07) is 26.1. The molecule has 180 valence electrons. The largest absolute Gasteiger partial charge is 0.313 e. The molecule has 4 aromatic heterocycles. The number of hydrogen-bond donors (Lipinski definition) is 1. The summed E-state index contributed by atoms with van der Waals surface area (Å²) in [4.78, 5) is 27.6. The molecule has 0 fully saturated rings. The van der Waals surface area contributed by atoms with Crippen molar-refractivity contribution in [3.05, 3.63) is 105 Å². The van der Waals surface area contributed by atoms with Gasteiger partial charge in [-0.05, 0) is 29.8 Å². The van der Waals surface area contributed by atoms with Crippen LogP contribution in [0, 0.1) is 0 Å². The number of aromatic nitrogens is 6. The lowest BCUT2D eigenvalue weighted by Gasteiger charge is -2.08. The number of thioether (sulfide) groups is 1. The number of hydrogen-bond acceptors (Lipinski definition) is 8. The summed E-state index contributed by atoms with van der Waals surface area (Å²) < 4.78 is 3.74. The minimum Gasteiger partial charge on any atom is -0.279 e. The van der Waals surface area contributed by atoms with Crippen LogP contribution in [-0.4, -0.2) is 29.7 Å². The number of nitrogens with one attached hydrogen (secondary N) is 1. The van der Waals surface area contributed by atoms with E-state index in [9.17, 15) is 4.79 Å². The molecule has 0 spiro atoms. The van der Waals surface area contributed by atoms with Gasteiger partial charge in [0.2, 0.25) is 0 Å². The zero-order valence-corrected chi connectivity index (χ0v) is 21.7. The molecule has 0 atom stereocenters. The Bertz CT molecular complexity index is 1920. The molecule has 0 radical (unpaired) electrons. The molecule has 0 saturated carbocycles. The maximum Gasteiger partial charge on any atom is 0.313 e. The van der Waals surface area contributed by atoms with Crippen LogP contribution in [0.15, 0.2) is 88.8 Å². The maximum atomic E-state index is 13.3. The fourth-order valence-corrected chi connectivity index (χ4v) is 6.98. The van der Waals surface area contributed by atoms with E-state index in [4.69, 9.17) is 15.0 Å². The highest BCUT2D eigenvalue weighted by atomic mass is 32.2. The lowest BCUT2D eigenvalue weighted by Crippen LogP contribution is -2.13. The zero-order chi connectivity index (χ0) is 24.8. The van der Waals surface area contributed by atoms with E-state index in [1.807, 2.05) is 60.7 Å². The van der Waals surface area contributed by atoms with E-state index < -0.39 is 0 Å². The number of fused-ring (bicyclic) bond motifs is 3. The molecule has 37 heavy (non-hydrogen) atoms. The van der Waals surface area contributed by atoms with Crippen LogP contribution in [0.25, 0.3) is 37.3 Å². The van der Waals surface area contributed by atoms with Crippen molar-refractivity contribution >= 4 is 65.9 Å². The van der Waals surface area contributed by atoms with Crippen molar-refractivity contribution in [2.24, 2.45) is 0 Å². The fraction of sp³-hybridized carbons (Fsp3) is 0.0741. The van der Waals surface area contributed by atoms with E-state index in [1.54, 1.807) is 15.9 Å². The second kappa shape index (κ2) is 9.22. The van der Waals surface area contributed by atoms with Crippen molar-refractivity contribution in [1.29, 1.82) is 0 Å². The molecule has 3 aromatic carbocycles. The van der Waals surface area contributed by atoms with Crippen LogP contribution in [0.3, 0.4) is 0 Å². The highest BCUT2D eigenvalue weighted by Gasteiger charge is 2.21. The summed E-state index contributed by atoms with van der Waals surface area (Å²) in [5.74, 6) is 1.27. The fourth-order valence-electron chi connectivity index (χ4n) is 4.34. The molecule has 0 unspecified atom stereocenters. The van der Waals surface area contributed by atoms with E-state index in [2.05, 4.69) is 28.4 Å². The summed E-state index contributed by atoms with van der Waals surface area (Å²) >= 11 is 4.39. The Kier molecular flexibility index (Phi) is 5.57. The second-order valence-electron chi connectivity index (χ2n) is 8.43. The first-order valence-corrected chi connectivity index (χ1v) is 14.2. The van der Waals surface area contributed by atoms with Gasteiger partial charge in [0.05, 0.1) is 36.5 Å². The lowest BCUT2D eigenvalue weighted by molar-refractivity contribution is 0.919. The number of benzene rings is 3. The SMILES string of the molecule is O=c1sc2ccccc2n1-c1nc(SCc2ccccc2)nc2n[nH]c(Cc3nc4ccccc4s3)c12. The van der Waals surface area contributed by atoms with Crippen molar-refractivity contribution < 1.29 is 0 Å². The van der Waals surface area contributed by atoms with Gasteiger partial charge in [0.25, 0.3) is 0 Å². The van der Waals surface area contributed by atoms with Crippen molar-refractivity contribution in [1.82, 2.24) is 29.7 Å². The zero-order valence-electron chi connectivity index (χ0n) is 19.3. The average molecular weight is 539 g/mol. The number of nitrogens with zero attached hydrogens (tertiary/aromatic N) is 5. The topological polar surface area (TPSA) is 89.4 Å². The lowest BCUT2D eigenvalue weighted by atomic mass is 10.2. The minimum absolute atomic E-state index is 0.0904. The predicted octanol–water partition coefficient (Wildman–Crippen LogP) is 6.21. The summed E-state index contributed by atoms with van der Waals surface area (Å²) in [5.41, 5.74) is 4.35. The van der Waals surface area contributed by atoms with Crippen molar-refractivity contribution in [3.8, 4) is 5.82 Å². The number of thiazole rings is 2. The predicted molar refractivity (Wildman–Crippen MR) is 151 cm³/mol. The molecule has 7 nitrogen and oxygen atoms in total. The number of para-hydroxylation sites is 2. The second-order valence-corrected chi connectivity index (χ2v) is 11.5. The quantitative estimate of drug-likeness (QED) is 0.200. The van der Waals surface area contributed by atoms with Crippen LogP contribution in [0.2, 0.25) is 0 Å². The Balaban J connectivity index is 1.38. The first kappa shape index (κ1) is 22.3. The Morgan fingerprint density at radius 3 is 2.49 bits per heavy atom. The molecule has 7 rings (SSSR count). The van der Waals surface area contributed by atoms with E-state index in [0.29, 0.717) is 28.8 Å². The molecule has 7 aromatic rings. The molecule has 0 amide bonds. The Morgan fingerprint density at radius 2 is 1.62 bits per heavy atom. The maximum absolute atomic E-state index is 13.3. The summed E-state index contributed by atoms with van der Waals surface area (Å²) in [5, 5.41) is 9.99. The van der Waals surface area contributed by atoms with E-state index >= 15 is 0 Å². The van der Waals surface area contributed by atoms with Gasteiger partial charge in [-0.1, -0.05) is 77.7 Å². The first-order chi connectivity index (χ1) is 18.2. The highest BCUT2D eigenvalue weighted by molar-refractivity contribution is 7.98. The van der Waals surface area contributed by atoms with Crippen LogP contribution in [0.1, 0.15) is 16.3 Å². The molecule has 0 aliphatic rings. The smallest absolute Gasteiger partial charge is 0.279 e. The molecular weight excluding hydrogens is 521 g/mol. The van der Waals surface area contributed by atoms with Crippen LogP contribution < -0.4 is 4.87 Å². The number of aromatic amines is 1. The van der Waals surface area contributed by atoms with Crippen LogP contribution >= 0.6 is 34.4 Å². The highest BCUT2D eigenvalue weighted by Crippen LogP contribution is 2.31. The van der Waals surface area contributed by atoms with Crippen molar-refractivity contribution in [2.45, 2.75) is 17.3 Å². The van der Waals surface area contributed by atoms with E-state index in [1.165, 1.54) is 28.7 Å². The minimum atomic E-state index is -0.0904. The molecule has 0 bridgehead atoms. The summed E-state index contributed by atoms with van der Waals surface area (Å²) in [7, 11) is 0. The van der Waals surface area contributed by atoms with E-state index in [-0.39, 0.29) is 4.87 Å². The van der Waals surface area contributed by atoms with Crippen LogP contribution in [0.4, 0.5) is 0 Å². The van der Waals surface area contributed by atoms with Crippen LogP contribution in [0.5, 0.6) is 0 Å². The molecule has 10 heteroatoms. The van der Waals surface area contributed by atoms with Gasteiger partial charge < -0.3 is 0 Å². The third-order valence-corrected chi connectivity index (χ3v) is 8.90. The Hall–Kier alpha value is -3.86. The Labute approximate surface area is 222 Å². The van der Waals surface area contributed by atoms with Gasteiger partial charge in [-0.3, -0.25) is 9.89 Å². The van der Waals surface area contributed by atoms with Crippen molar-refractivity contribution in [3.63, 3.8) is 0 Å². The average Bonchev–Trinajstić information content (AvgIpc) is 3.62. The van der Waals surface area contributed by atoms with Gasteiger partial charge in [-0.2, -0.15) is 5.10 Å². The standard InChI is InChI=1S/C27H18N6OS3/c34-27-33(19-11-5-7-13-21(19)37-27)25-23-18(14-22-28-17-10-4-6-12-20(17)36-22)31-32-24(23)29-26(30-25)35-15-16-8-2-1-3-9-16/h1-13H,14-15H2,(H,29,30,31,32). The van der Waals surface area contributed by atoms with Crippen LogP contribution in [-0.2, 0) is 12.2 Å². The molecule has 0 saturated heterocycles. The third-order valence-electron chi connectivity index (χ3n) is 6.02. The monoisotopic (exact) mass is 538 g/mol. The van der Waals surface area contributed by atoms with Gasteiger partial charge in [-0.25, -0.2) is 19.5 Å². The Morgan fingerprint density at radius 1 is 0.838 bits per heavy atom. The number of H-pyrrole nitrogens is 1. The van der Waals surface area contributed by atoms with Gasteiger partial charge >= 0.3 is 4.87 Å². The van der Waals surface area contributed by atoms with Gasteiger partial charge in [0.1, 0.15) is 0 Å². The molecular formula is C27H18N6OS3. The summed E-state index contributed by atoms with van der Waals surface area (Å²) in [6.45, 7) is 0. The molecule has 0 aliphatic heterocycles. The van der Waals surface area contributed by atoms with E-state index in [0.717, 1.165) is 36.5 Å². The van der Waals surface area contributed by atoms with Crippen molar-refractivity contribution in [2.75, 3.05) is 0 Å². The molecule has 0 aliphatic carbocycles. The van der Waals surface area contributed by atoms with Gasteiger partial charge in [0.15, 0.2) is 16.6 Å². The first-order valence-electron chi connectivity index (χ1n) is 11.6.